The maximum atomic E-state index is 13.8. The highest BCUT2D eigenvalue weighted by Crippen LogP contribution is 2.54. The second-order valence-electron chi connectivity index (χ2n) is 11.8. The first-order valence-electron chi connectivity index (χ1n) is 13.6. The van der Waals surface area contributed by atoms with E-state index in [0.717, 1.165) is 6.07 Å². The van der Waals surface area contributed by atoms with Crippen LogP contribution in [0.25, 0.3) is 5.65 Å². The van der Waals surface area contributed by atoms with Gasteiger partial charge in [-0.1, -0.05) is 32.9 Å². The molecule has 41 heavy (non-hydrogen) atoms. The van der Waals surface area contributed by atoms with E-state index in [2.05, 4.69) is 38.2 Å². The third kappa shape index (κ3) is 6.98. The smallest absolute Gasteiger partial charge is 0.378 e. The van der Waals surface area contributed by atoms with Gasteiger partial charge in [0, 0.05) is 44.4 Å². The predicted octanol–water partition coefficient (Wildman–Crippen LogP) is 6.00. The molecule has 12 heteroatoms. The summed E-state index contributed by atoms with van der Waals surface area (Å²) < 4.78 is 55.1. The number of halogens is 3. The van der Waals surface area contributed by atoms with Gasteiger partial charge in [-0.2, -0.15) is 13.2 Å². The number of alkyl halides is 3. The van der Waals surface area contributed by atoms with Crippen molar-refractivity contribution in [1.29, 1.82) is 0 Å². The summed E-state index contributed by atoms with van der Waals surface area (Å²) in [5.74, 6) is 0.708. The van der Waals surface area contributed by atoms with Crippen LogP contribution in [0.3, 0.4) is 0 Å². The van der Waals surface area contributed by atoms with Crippen molar-refractivity contribution in [2.45, 2.75) is 51.6 Å². The highest BCUT2D eigenvalue weighted by atomic mass is 32.3. The molecule has 0 radical (unpaired) electrons. The summed E-state index contributed by atoms with van der Waals surface area (Å²) in [6.07, 6.45) is 1.69. The number of rotatable bonds is 8. The normalized spacial score (nSPS) is 15.7. The lowest BCUT2D eigenvalue weighted by atomic mass is 9.98. The standard InChI is InChI=1S/C29H41F3N6O2S/c1-20-21(10-9-11-22(20)29(30,31)32)16-25-24(18-40-41(7,8)28(2,3)4)34-27-23(33-19-36(5)6)17-26(35-38(25)27)37-12-14-39-15-13-37/h9-11,17,19H,12-16,18H2,1-8H3. The molecular formula is C29H41F3N6O2S. The van der Waals surface area contributed by atoms with Gasteiger partial charge in [0.15, 0.2) is 11.5 Å². The van der Waals surface area contributed by atoms with E-state index in [1.807, 2.05) is 25.1 Å². The molecule has 1 saturated heterocycles. The minimum atomic E-state index is -4.44. The maximum Gasteiger partial charge on any atom is 0.416 e. The lowest BCUT2D eigenvalue weighted by Gasteiger charge is -2.43. The van der Waals surface area contributed by atoms with Crippen LogP contribution in [0.2, 0.25) is 0 Å². The van der Waals surface area contributed by atoms with Gasteiger partial charge in [-0.05, 0) is 36.6 Å². The van der Waals surface area contributed by atoms with Crippen LogP contribution in [-0.2, 0) is 28.1 Å². The minimum absolute atomic E-state index is 0.0765. The van der Waals surface area contributed by atoms with Crippen LogP contribution >= 0.6 is 10.3 Å². The summed E-state index contributed by atoms with van der Waals surface area (Å²) in [6.45, 7) is 10.7. The van der Waals surface area contributed by atoms with Crippen LogP contribution < -0.4 is 4.90 Å². The van der Waals surface area contributed by atoms with Crippen molar-refractivity contribution in [1.82, 2.24) is 19.5 Å². The fraction of sp³-hybridized carbons (Fsp3) is 0.552. The Kier molecular flexibility index (Phi) is 8.96. The molecule has 0 atom stereocenters. The number of fused-ring (bicyclic) bond motifs is 1. The quantitative estimate of drug-likeness (QED) is 0.236. The van der Waals surface area contributed by atoms with Crippen LogP contribution in [-0.4, -0.2) is 83.5 Å². The largest absolute Gasteiger partial charge is 0.416 e. The van der Waals surface area contributed by atoms with Crippen LogP contribution in [0.4, 0.5) is 24.7 Å². The number of benzene rings is 1. The zero-order valence-corrected chi connectivity index (χ0v) is 26.0. The number of morpholine rings is 1. The van der Waals surface area contributed by atoms with Crippen LogP contribution in [0.1, 0.15) is 48.8 Å². The number of aromatic nitrogens is 3. The fourth-order valence-corrected chi connectivity index (χ4v) is 5.10. The second-order valence-corrected chi connectivity index (χ2v) is 15.7. The number of aliphatic imine (C=N–C) groups is 1. The lowest BCUT2D eigenvalue weighted by molar-refractivity contribution is -0.138. The van der Waals surface area contributed by atoms with E-state index in [1.165, 1.54) is 13.0 Å². The van der Waals surface area contributed by atoms with Crippen LogP contribution in [0.5, 0.6) is 0 Å². The number of hydrogen-bond donors (Lipinski definition) is 0. The third-order valence-corrected chi connectivity index (χ3v) is 11.2. The van der Waals surface area contributed by atoms with Gasteiger partial charge in [-0.3, -0.25) is 0 Å². The Labute approximate surface area is 242 Å². The molecule has 3 aromatic rings. The summed E-state index contributed by atoms with van der Waals surface area (Å²) in [5.41, 5.74) is 2.58. The Morgan fingerprint density at radius 1 is 1.15 bits per heavy atom. The van der Waals surface area contributed by atoms with E-state index in [1.54, 1.807) is 16.9 Å². The second kappa shape index (κ2) is 11.8. The van der Waals surface area contributed by atoms with Crippen molar-refractivity contribution in [3.63, 3.8) is 0 Å². The third-order valence-electron chi connectivity index (χ3n) is 7.56. The van der Waals surface area contributed by atoms with E-state index < -0.39 is 22.0 Å². The molecule has 0 aliphatic carbocycles. The van der Waals surface area contributed by atoms with Gasteiger partial charge in [0.25, 0.3) is 0 Å². The average Bonchev–Trinajstić information content (AvgIpc) is 3.23. The van der Waals surface area contributed by atoms with Gasteiger partial charge in [0.2, 0.25) is 0 Å². The summed E-state index contributed by atoms with van der Waals surface area (Å²) in [4.78, 5) is 13.6. The molecule has 1 aliphatic rings. The molecule has 0 spiro atoms. The molecule has 1 aliphatic heterocycles. The van der Waals surface area contributed by atoms with Gasteiger partial charge < -0.3 is 18.7 Å². The molecule has 1 aromatic carbocycles. The fourth-order valence-electron chi connectivity index (χ4n) is 4.34. The Bertz CT molecular complexity index is 1410. The highest BCUT2D eigenvalue weighted by Gasteiger charge is 2.34. The first-order chi connectivity index (χ1) is 19.1. The average molecular weight is 595 g/mol. The van der Waals surface area contributed by atoms with Crippen molar-refractivity contribution in [2.24, 2.45) is 4.99 Å². The summed E-state index contributed by atoms with van der Waals surface area (Å²) in [6, 6.07) is 6.21. The number of nitrogens with zero attached hydrogens (tertiary/aromatic N) is 6. The molecule has 2 aromatic heterocycles. The zero-order chi connectivity index (χ0) is 30.2. The van der Waals surface area contributed by atoms with Crippen molar-refractivity contribution in [2.75, 3.05) is 57.8 Å². The van der Waals surface area contributed by atoms with Gasteiger partial charge in [-0.15, -0.1) is 15.4 Å². The van der Waals surface area contributed by atoms with E-state index in [0.29, 0.717) is 60.4 Å². The number of anilines is 1. The van der Waals surface area contributed by atoms with Crippen molar-refractivity contribution < 1.29 is 22.1 Å². The van der Waals surface area contributed by atoms with Gasteiger partial charge in [0.1, 0.15) is 12.3 Å². The molecule has 226 valence electrons. The molecule has 3 heterocycles. The molecule has 0 unspecified atom stereocenters. The van der Waals surface area contributed by atoms with Gasteiger partial charge >= 0.3 is 6.18 Å². The Hall–Kier alpha value is -2.83. The first kappa shape index (κ1) is 31.1. The van der Waals surface area contributed by atoms with Gasteiger partial charge in [-0.25, -0.2) is 14.5 Å². The zero-order valence-electron chi connectivity index (χ0n) is 25.2. The maximum absolute atomic E-state index is 13.8. The Morgan fingerprint density at radius 3 is 2.44 bits per heavy atom. The van der Waals surface area contributed by atoms with E-state index in [-0.39, 0.29) is 23.3 Å². The van der Waals surface area contributed by atoms with Crippen molar-refractivity contribution >= 4 is 33.8 Å². The summed E-state index contributed by atoms with van der Waals surface area (Å²) >= 11 is 0. The van der Waals surface area contributed by atoms with Crippen LogP contribution in [0.15, 0.2) is 29.3 Å². The molecule has 4 rings (SSSR count). The van der Waals surface area contributed by atoms with Crippen molar-refractivity contribution in [3.8, 4) is 0 Å². The highest BCUT2D eigenvalue weighted by molar-refractivity contribution is 8.29. The monoisotopic (exact) mass is 594 g/mol. The molecule has 0 saturated carbocycles. The van der Waals surface area contributed by atoms with E-state index in [9.17, 15) is 13.2 Å². The summed E-state index contributed by atoms with van der Waals surface area (Å²) in [7, 11) is 2.28. The van der Waals surface area contributed by atoms with Gasteiger partial charge in [0.05, 0.1) is 36.5 Å². The summed E-state index contributed by atoms with van der Waals surface area (Å²) in [5, 5.41) is 4.96. The Balaban J connectivity index is 1.91. The van der Waals surface area contributed by atoms with Crippen LogP contribution in [0, 0.1) is 6.92 Å². The minimum Gasteiger partial charge on any atom is -0.378 e. The van der Waals surface area contributed by atoms with Crippen molar-refractivity contribution in [3.05, 3.63) is 52.3 Å². The molecular weight excluding hydrogens is 553 g/mol. The predicted molar refractivity (Wildman–Crippen MR) is 161 cm³/mol. The molecule has 0 N–H and O–H groups in total. The number of hydrogen-bond acceptors (Lipinski definition) is 6. The molecule has 8 nitrogen and oxygen atoms in total. The molecule has 0 bridgehead atoms. The lowest BCUT2D eigenvalue weighted by Crippen LogP contribution is -2.37. The SMILES string of the molecule is Cc1c(Cc2c(COS(C)(C)C(C)(C)C)nc3c(N=CN(C)C)cc(N4CCOCC4)nn23)cccc1C(F)(F)F. The first-order valence-corrected chi connectivity index (χ1v) is 15.9. The topological polar surface area (TPSA) is 67.5 Å². The van der Waals surface area contributed by atoms with E-state index >= 15 is 0 Å². The molecule has 0 amide bonds. The Morgan fingerprint density at radius 2 is 1.83 bits per heavy atom. The molecule has 1 fully saturated rings. The van der Waals surface area contributed by atoms with E-state index in [4.69, 9.17) is 24.0 Å². The number of imidazole rings is 1. The number of ether oxygens (including phenoxy) is 1.